The number of nitrogens with one attached hydrogen (secondary N) is 1. The molecular weight excluding hydrogens is 324 g/mol. The maximum absolute atomic E-state index is 12.3. The Labute approximate surface area is 142 Å². The zero-order valence-corrected chi connectivity index (χ0v) is 13.7. The van der Waals surface area contributed by atoms with Gasteiger partial charge in [0, 0.05) is 5.69 Å². The molecule has 0 atom stereocenters. The Morgan fingerprint density at radius 3 is 2.56 bits per heavy atom. The number of carbonyl (C=O) groups excluding carboxylic acids is 1. The van der Waals surface area contributed by atoms with Gasteiger partial charge in [0.2, 0.25) is 5.91 Å². The molecule has 0 unspecified atom stereocenters. The largest absolute Gasteiger partial charge is 0.478 e. The van der Waals surface area contributed by atoms with E-state index in [4.69, 9.17) is 9.52 Å². The first-order chi connectivity index (χ1) is 11.8. The monoisotopic (exact) mass is 340 g/mol. The Hall–Kier alpha value is -3.35. The second-order valence-corrected chi connectivity index (χ2v) is 5.79. The van der Waals surface area contributed by atoms with Crippen LogP contribution in [0.25, 0.3) is 11.1 Å². The van der Waals surface area contributed by atoms with Gasteiger partial charge in [-0.25, -0.2) is 9.59 Å². The molecule has 1 aromatic heterocycles. The number of hydrogen-bond donors (Lipinski definition) is 2. The molecule has 1 heterocycles. The molecule has 0 aliphatic rings. The number of amides is 1. The molecule has 0 fully saturated rings. The van der Waals surface area contributed by atoms with Crippen molar-refractivity contribution in [2.75, 3.05) is 5.32 Å². The van der Waals surface area contributed by atoms with Gasteiger partial charge in [0.15, 0.2) is 5.58 Å². The molecule has 3 aromatic rings. The number of benzene rings is 2. The number of anilines is 1. The average Bonchev–Trinajstić information content (AvgIpc) is 2.86. The summed E-state index contributed by atoms with van der Waals surface area (Å²) < 4.78 is 6.16. The lowest BCUT2D eigenvalue weighted by atomic mass is 10.1. The highest BCUT2D eigenvalue weighted by molar-refractivity contribution is 5.94. The number of aromatic nitrogens is 1. The first kappa shape index (κ1) is 16.5. The van der Waals surface area contributed by atoms with Crippen LogP contribution in [-0.2, 0) is 11.3 Å². The average molecular weight is 340 g/mol. The third-order valence-electron chi connectivity index (χ3n) is 4.01. The predicted octanol–water partition coefficient (Wildman–Crippen LogP) is 2.55. The summed E-state index contributed by atoms with van der Waals surface area (Å²) in [6, 6.07) is 9.56. The van der Waals surface area contributed by atoms with Crippen LogP contribution in [0, 0.1) is 13.8 Å². The minimum Gasteiger partial charge on any atom is -0.478 e. The Bertz CT molecular complexity index is 1050. The van der Waals surface area contributed by atoms with Gasteiger partial charge in [-0.3, -0.25) is 9.36 Å². The van der Waals surface area contributed by atoms with E-state index >= 15 is 0 Å². The number of aryl methyl sites for hydroxylation is 2. The van der Waals surface area contributed by atoms with Gasteiger partial charge in [0.1, 0.15) is 6.54 Å². The molecule has 0 radical (unpaired) electrons. The predicted molar refractivity (Wildman–Crippen MR) is 92.0 cm³/mol. The molecule has 7 heteroatoms. The molecule has 0 spiro atoms. The maximum Gasteiger partial charge on any atom is 0.420 e. The molecule has 0 saturated carbocycles. The number of nitrogens with zero attached hydrogens (tertiary/aromatic N) is 1. The minimum absolute atomic E-state index is 0.0108. The second kappa shape index (κ2) is 6.27. The summed E-state index contributed by atoms with van der Waals surface area (Å²) in [5, 5.41) is 11.8. The number of hydrogen-bond acceptors (Lipinski definition) is 4. The first-order valence-electron chi connectivity index (χ1n) is 7.59. The number of carboxylic acid groups (broad SMARTS) is 1. The zero-order valence-electron chi connectivity index (χ0n) is 13.7. The van der Waals surface area contributed by atoms with Gasteiger partial charge in [0.05, 0.1) is 11.1 Å². The van der Waals surface area contributed by atoms with Crippen LogP contribution in [-0.4, -0.2) is 21.6 Å². The molecular formula is C18H16N2O5. The van der Waals surface area contributed by atoms with Gasteiger partial charge in [-0.15, -0.1) is 0 Å². The minimum atomic E-state index is -1.12. The molecule has 0 saturated heterocycles. The van der Waals surface area contributed by atoms with Crippen molar-refractivity contribution in [1.82, 2.24) is 4.57 Å². The number of aromatic carboxylic acids is 1. The van der Waals surface area contributed by atoms with E-state index in [2.05, 4.69) is 5.32 Å². The summed E-state index contributed by atoms with van der Waals surface area (Å²) in [6.07, 6.45) is 0. The van der Waals surface area contributed by atoms with Crippen LogP contribution in [0.4, 0.5) is 5.69 Å². The summed E-state index contributed by atoms with van der Waals surface area (Å²) in [6.45, 7) is 3.63. The zero-order chi connectivity index (χ0) is 18.1. The number of rotatable bonds is 4. The van der Waals surface area contributed by atoms with Gasteiger partial charge >= 0.3 is 11.7 Å². The quantitative estimate of drug-likeness (QED) is 0.760. The lowest BCUT2D eigenvalue weighted by Gasteiger charge is -2.08. The van der Waals surface area contributed by atoms with Crippen molar-refractivity contribution in [2.45, 2.75) is 20.4 Å². The standard InChI is InChI=1S/C18H16N2O5/c1-10-3-5-13(7-11(10)2)19-16(21)9-20-14-8-12(17(22)23)4-6-15(14)25-18(20)24/h3-8H,9H2,1-2H3,(H,19,21)(H,22,23). The molecule has 0 bridgehead atoms. The summed E-state index contributed by atoms with van der Waals surface area (Å²) in [4.78, 5) is 35.3. The van der Waals surface area contributed by atoms with E-state index in [1.54, 1.807) is 6.07 Å². The van der Waals surface area contributed by atoms with Crippen molar-refractivity contribution in [2.24, 2.45) is 0 Å². The van der Waals surface area contributed by atoms with Crippen LogP contribution < -0.4 is 11.1 Å². The first-order valence-corrected chi connectivity index (χ1v) is 7.59. The summed E-state index contributed by atoms with van der Waals surface area (Å²) >= 11 is 0. The highest BCUT2D eigenvalue weighted by Gasteiger charge is 2.15. The molecule has 2 N–H and O–H groups in total. The van der Waals surface area contributed by atoms with Crippen molar-refractivity contribution in [3.05, 3.63) is 63.6 Å². The molecule has 0 aliphatic carbocycles. The van der Waals surface area contributed by atoms with Crippen LogP contribution in [0.2, 0.25) is 0 Å². The molecule has 128 valence electrons. The van der Waals surface area contributed by atoms with Crippen molar-refractivity contribution in [3.63, 3.8) is 0 Å². The molecule has 0 aliphatic heterocycles. The van der Waals surface area contributed by atoms with Gasteiger partial charge < -0.3 is 14.8 Å². The topological polar surface area (TPSA) is 102 Å². The van der Waals surface area contributed by atoms with E-state index in [1.165, 1.54) is 18.2 Å². The third kappa shape index (κ3) is 3.30. The van der Waals surface area contributed by atoms with Crippen LogP contribution >= 0.6 is 0 Å². The molecule has 2 aromatic carbocycles. The normalized spacial score (nSPS) is 10.8. The summed E-state index contributed by atoms with van der Waals surface area (Å²) in [5.41, 5.74) is 3.27. The van der Waals surface area contributed by atoms with Gasteiger partial charge in [-0.05, 0) is 55.3 Å². The number of carbonyl (C=O) groups is 2. The molecule has 3 rings (SSSR count). The summed E-state index contributed by atoms with van der Waals surface area (Å²) in [5.74, 6) is -2.25. The molecule has 1 amide bonds. The Morgan fingerprint density at radius 2 is 1.88 bits per heavy atom. The van der Waals surface area contributed by atoms with Gasteiger partial charge in [-0.1, -0.05) is 6.07 Å². The Balaban J connectivity index is 1.88. The third-order valence-corrected chi connectivity index (χ3v) is 4.01. The fraction of sp³-hybridized carbons (Fsp3) is 0.167. The fourth-order valence-electron chi connectivity index (χ4n) is 2.51. The van der Waals surface area contributed by atoms with E-state index < -0.39 is 17.6 Å². The number of oxazole rings is 1. The highest BCUT2D eigenvalue weighted by Crippen LogP contribution is 2.17. The lowest BCUT2D eigenvalue weighted by Crippen LogP contribution is -2.24. The van der Waals surface area contributed by atoms with Gasteiger partial charge in [-0.2, -0.15) is 0 Å². The van der Waals surface area contributed by atoms with E-state index in [1.807, 2.05) is 26.0 Å². The SMILES string of the molecule is Cc1ccc(NC(=O)Cn2c(=O)oc3ccc(C(=O)O)cc32)cc1C. The van der Waals surface area contributed by atoms with Gasteiger partial charge in [0.25, 0.3) is 0 Å². The van der Waals surface area contributed by atoms with E-state index in [-0.39, 0.29) is 23.2 Å². The Kier molecular flexibility index (Phi) is 4.14. The fourth-order valence-corrected chi connectivity index (χ4v) is 2.51. The van der Waals surface area contributed by atoms with Crippen LogP contribution in [0.5, 0.6) is 0 Å². The van der Waals surface area contributed by atoms with Crippen molar-refractivity contribution < 1.29 is 19.1 Å². The molecule has 25 heavy (non-hydrogen) atoms. The van der Waals surface area contributed by atoms with Crippen molar-refractivity contribution in [3.8, 4) is 0 Å². The molecule has 7 nitrogen and oxygen atoms in total. The summed E-state index contributed by atoms with van der Waals surface area (Å²) in [7, 11) is 0. The lowest BCUT2D eigenvalue weighted by molar-refractivity contribution is -0.116. The number of carboxylic acids is 1. The van der Waals surface area contributed by atoms with Crippen LogP contribution in [0.15, 0.2) is 45.6 Å². The second-order valence-electron chi connectivity index (χ2n) is 5.79. The smallest absolute Gasteiger partial charge is 0.420 e. The van der Waals surface area contributed by atoms with E-state index in [0.717, 1.165) is 15.7 Å². The van der Waals surface area contributed by atoms with Crippen molar-refractivity contribution in [1.29, 1.82) is 0 Å². The van der Waals surface area contributed by atoms with Crippen LogP contribution in [0.1, 0.15) is 21.5 Å². The van der Waals surface area contributed by atoms with Crippen molar-refractivity contribution >= 4 is 28.7 Å². The maximum atomic E-state index is 12.3. The number of fused-ring (bicyclic) bond motifs is 1. The van der Waals surface area contributed by atoms with E-state index in [9.17, 15) is 14.4 Å². The van der Waals surface area contributed by atoms with E-state index in [0.29, 0.717) is 5.69 Å². The van der Waals surface area contributed by atoms with Crippen LogP contribution in [0.3, 0.4) is 0 Å². The highest BCUT2D eigenvalue weighted by atomic mass is 16.4. The Morgan fingerprint density at radius 1 is 1.12 bits per heavy atom.